The Morgan fingerprint density at radius 2 is 1.58 bits per heavy atom. The van der Waals surface area contributed by atoms with Gasteiger partial charge in [0, 0.05) is 0 Å². The molecule has 0 saturated carbocycles. The van der Waals surface area contributed by atoms with Gasteiger partial charge in [0.15, 0.2) is 6.10 Å². The van der Waals surface area contributed by atoms with Crippen LogP contribution in [0, 0.1) is 0 Å². The Labute approximate surface area is 150 Å². The van der Waals surface area contributed by atoms with Crippen LogP contribution in [0.1, 0.15) is 27.6 Å². The molecule has 7 nitrogen and oxygen atoms in total. The maximum Gasteiger partial charge on any atom is 0.339 e. The Hall–Kier alpha value is -3.35. The van der Waals surface area contributed by atoms with Gasteiger partial charge in [-0.1, -0.05) is 18.2 Å². The number of anilines is 1. The smallest absolute Gasteiger partial charge is 0.339 e. The van der Waals surface area contributed by atoms with Crippen molar-refractivity contribution in [2.75, 3.05) is 19.5 Å². The quantitative estimate of drug-likeness (QED) is 0.799. The van der Waals surface area contributed by atoms with Crippen LogP contribution in [0.25, 0.3) is 0 Å². The van der Waals surface area contributed by atoms with Crippen LogP contribution in [0.4, 0.5) is 5.69 Å². The minimum absolute atomic E-state index is 0.111. The zero-order valence-corrected chi connectivity index (χ0v) is 14.6. The largest absolute Gasteiger partial charge is 0.481 e. The number of nitrogens with one attached hydrogen (secondary N) is 1. The van der Waals surface area contributed by atoms with Gasteiger partial charge < -0.3 is 19.5 Å². The van der Waals surface area contributed by atoms with Crippen LogP contribution < -0.4 is 10.1 Å². The van der Waals surface area contributed by atoms with Crippen molar-refractivity contribution in [2.45, 2.75) is 13.0 Å². The number of para-hydroxylation sites is 1. The van der Waals surface area contributed by atoms with E-state index in [1.54, 1.807) is 31.2 Å². The van der Waals surface area contributed by atoms with Gasteiger partial charge in [-0.15, -0.1) is 0 Å². The summed E-state index contributed by atoms with van der Waals surface area (Å²) in [6.07, 6.45) is -0.829. The highest BCUT2D eigenvalue weighted by molar-refractivity contribution is 6.04. The van der Waals surface area contributed by atoms with Gasteiger partial charge >= 0.3 is 11.9 Å². The van der Waals surface area contributed by atoms with Crippen molar-refractivity contribution in [1.82, 2.24) is 0 Å². The predicted molar refractivity (Wildman–Crippen MR) is 94.3 cm³/mol. The highest BCUT2D eigenvalue weighted by atomic mass is 16.5. The molecule has 1 N–H and O–H groups in total. The van der Waals surface area contributed by atoms with Gasteiger partial charge in [0.2, 0.25) is 0 Å². The van der Waals surface area contributed by atoms with Gasteiger partial charge in [0.1, 0.15) is 5.75 Å². The molecule has 0 aliphatic rings. The van der Waals surface area contributed by atoms with E-state index >= 15 is 0 Å². The van der Waals surface area contributed by atoms with Crippen LogP contribution in [-0.4, -0.2) is 38.2 Å². The fourth-order valence-electron chi connectivity index (χ4n) is 2.17. The topological polar surface area (TPSA) is 90.9 Å². The lowest BCUT2D eigenvalue weighted by molar-refractivity contribution is -0.122. The number of hydrogen-bond donors (Lipinski definition) is 1. The van der Waals surface area contributed by atoms with Crippen molar-refractivity contribution in [3.05, 3.63) is 59.7 Å². The number of carbonyl (C=O) groups excluding carboxylic acids is 3. The number of rotatable bonds is 6. The first-order chi connectivity index (χ1) is 12.5. The Kier molecular flexibility index (Phi) is 6.32. The molecular formula is C19H19NO6. The summed E-state index contributed by atoms with van der Waals surface area (Å²) in [7, 11) is 2.47. The van der Waals surface area contributed by atoms with E-state index in [1.807, 2.05) is 6.07 Å². The third-order valence-electron chi connectivity index (χ3n) is 3.53. The number of benzene rings is 2. The zero-order chi connectivity index (χ0) is 19.1. The number of methoxy groups -OCH3 is 2. The second-order valence-corrected chi connectivity index (χ2v) is 5.31. The van der Waals surface area contributed by atoms with E-state index in [9.17, 15) is 14.4 Å². The maximum absolute atomic E-state index is 12.4. The Bertz CT molecular complexity index is 803. The van der Waals surface area contributed by atoms with E-state index in [4.69, 9.17) is 9.47 Å². The molecule has 0 fully saturated rings. The van der Waals surface area contributed by atoms with Gasteiger partial charge in [0.05, 0.1) is 31.0 Å². The van der Waals surface area contributed by atoms with Crippen molar-refractivity contribution in [2.24, 2.45) is 0 Å². The van der Waals surface area contributed by atoms with Crippen molar-refractivity contribution < 1.29 is 28.6 Å². The summed E-state index contributed by atoms with van der Waals surface area (Å²) in [5.41, 5.74) is 0.431. The lowest BCUT2D eigenvalue weighted by Gasteiger charge is -2.16. The van der Waals surface area contributed by atoms with Gasteiger partial charge in [-0.25, -0.2) is 9.59 Å². The first-order valence-corrected chi connectivity index (χ1v) is 7.79. The molecule has 0 aliphatic carbocycles. The average Bonchev–Trinajstić information content (AvgIpc) is 2.67. The molecule has 0 heterocycles. The molecule has 1 amide bonds. The molecule has 1 atom stereocenters. The van der Waals surface area contributed by atoms with Crippen molar-refractivity contribution in [1.29, 1.82) is 0 Å². The van der Waals surface area contributed by atoms with Crippen LogP contribution in [-0.2, 0) is 14.3 Å². The Morgan fingerprint density at radius 1 is 0.923 bits per heavy atom. The SMILES string of the molecule is COC(=O)c1ccc(C(=O)OC)c(NC(=O)[C@@H](C)Oc2ccccc2)c1. The second kappa shape index (κ2) is 8.66. The molecule has 0 bridgehead atoms. The molecule has 0 saturated heterocycles. The first-order valence-electron chi connectivity index (χ1n) is 7.79. The molecule has 0 unspecified atom stereocenters. The molecular weight excluding hydrogens is 338 g/mol. The van der Waals surface area contributed by atoms with Gasteiger partial charge in [-0.2, -0.15) is 0 Å². The van der Waals surface area contributed by atoms with Crippen molar-refractivity contribution >= 4 is 23.5 Å². The highest BCUT2D eigenvalue weighted by Gasteiger charge is 2.20. The number of hydrogen-bond acceptors (Lipinski definition) is 6. The average molecular weight is 357 g/mol. The van der Waals surface area contributed by atoms with E-state index < -0.39 is 23.9 Å². The normalized spacial score (nSPS) is 11.2. The molecule has 0 aromatic heterocycles. The van der Waals surface area contributed by atoms with Crippen LogP contribution in [0.15, 0.2) is 48.5 Å². The van der Waals surface area contributed by atoms with Crippen LogP contribution in [0.2, 0.25) is 0 Å². The van der Waals surface area contributed by atoms with Crippen LogP contribution in [0.5, 0.6) is 5.75 Å². The van der Waals surface area contributed by atoms with E-state index in [0.717, 1.165) is 0 Å². The molecule has 0 aliphatic heterocycles. The van der Waals surface area contributed by atoms with Crippen LogP contribution >= 0.6 is 0 Å². The molecule has 136 valence electrons. The zero-order valence-electron chi connectivity index (χ0n) is 14.6. The summed E-state index contributed by atoms with van der Waals surface area (Å²) in [4.78, 5) is 36.0. The van der Waals surface area contributed by atoms with Gasteiger partial charge in [-0.3, -0.25) is 4.79 Å². The number of carbonyl (C=O) groups is 3. The lowest BCUT2D eigenvalue weighted by Crippen LogP contribution is -2.31. The molecule has 7 heteroatoms. The molecule has 2 aromatic carbocycles. The Morgan fingerprint density at radius 3 is 2.19 bits per heavy atom. The predicted octanol–water partition coefficient (Wildman–Crippen LogP) is 2.67. The highest BCUT2D eigenvalue weighted by Crippen LogP contribution is 2.21. The summed E-state index contributed by atoms with van der Waals surface area (Å²) in [6, 6.07) is 13.0. The first kappa shape index (κ1) is 19.0. The summed E-state index contributed by atoms with van der Waals surface area (Å²) in [5.74, 6) is -1.19. The number of amides is 1. The van der Waals surface area contributed by atoms with Crippen molar-refractivity contribution in [3.63, 3.8) is 0 Å². The maximum atomic E-state index is 12.4. The number of esters is 2. The lowest BCUT2D eigenvalue weighted by atomic mass is 10.1. The summed E-state index contributed by atoms with van der Waals surface area (Å²) >= 11 is 0. The van der Waals surface area contributed by atoms with E-state index in [-0.39, 0.29) is 16.8 Å². The van der Waals surface area contributed by atoms with Gasteiger partial charge in [0.25, 0.3) is 5.91 Å². The standard InChI is InChI=1S/C19H19NO6/c1-12(26-14-7-5-4-6-8-14)17(21)20-16-11-13(18(22)24-2)9-10-15(16)19(23)25-3/h4-12H,1-3H3,(H,20,21)/t12-/m1/s1. The number of ether oxygens (including phenoxy) is 3. The van der Waals surface area contributed by atoms with Crippen LogP contribution in [0.3, 0.4) is 0 Å². The van der Waals surface area contributed by atoms with E-state index in [0.29, 0.717) is 5.75 Å². The summed E-state index contributed by atoms with van der Waals surface area (Å²) < 4.78 is 14.9. The third kappa shape index (κ3) is 4.60. The monoisotopic (exact) mass is 357 g/mol. The molecule has 2 rings (SSSR count). The third-order valence-corrected chi connectivity index (χ3v) is 3.53. The minimum atomic E-state index is -0.829. The van der Waals surface area contributed by atoms with Gasteiger partial charge in [-0.05, 0) is 37.3 Å². The summed E-state index contributed by atoms with van der Waals surface area (Å²) in [6.45, 7) is 1.57. The second-order valence-electron chi connectivity index (χ2n) is 5.31. The molecule has 0 spiro atoms. The fraction of sp³-hybridized carbons (Fsp3) is 0.211. The van der Waals surface area contributed by atoms with E-state index in [2.05, 4.69) is 10.1 Å². The molecule has 26 heavy (non-hydrogen) atoms. The fourth-order valence-corrected chi connectivity index (χ4v) is 2.17. The molecule has 0 radical (unpaired) electrons. The Balaban J connectivity index is 2.23. The van der Waals surface area contributed by atoms with E-state index in [1.165, 1.54) is 32.4 Å². The minimum Gasteiger partial charge on any atom is -0.481 e. The molecule has 2 aromatic rings. The summed E-state index contributed by atoms with van der Waals surface area (Å²) in [5, 5.41) is 2.59. The van der Waals surface area contributed by atoms with Crippen molar-refractivity contribution in [3.8, 4) is 5.75 Å².